The standard InChI is InChI=1S/C15H19F4NO4S/c1-5-23-13(21)12(20-25(22)14(2,3)4)9-6-7-11(10(16)8-9)24-15(17,18)19/h6-8,12,20H,5H2,1-4H3/t12-,25-/m0/s1. The fraction of sp³-hybridized carbons (Fsp3) is 0.533. The summed E-state index contributed by atoms with van der Waals surface area (Å²) in [5.41, 5.74) is -0.0388. The lowest BCUT2D eigenvalue weighted by Crippen LogP contribution is -2.39. The second kappa shape index (κ2) is 8.13. The molecule has 0 unspecified atom stereocenters. The van der Waals surface area contributed by atoms with Crippen molar-refractivity contribution in [3.05, 3.63) is 29.6 Å². The molecule has 0 saturated carbocycles. The van der Waals surface area contributed by atoms with Crippen molar-refractivity contribution in [3.8, 4) is 5.75 Å². The summed E-state index contributed by atoms with van der Waals surface area (Å²) in [7, 11) is -1.70. The lowest BCUT2D eigenvalue weighted by atomic mass is 10.1. The molecule has 5 nitrogen and oxygen atoms in total. The number of carbonyl (C=O) groups is 1. The van der Waals surface area contributed by atoms with Crippen molar-refractivity contribution in [2.24, 2.45) is 0 Å². The van der Waals surface area contributed by atoms with Crippen molar-refractivity contribution in [1.82, 2.24) is 4.72 Å². The van der Waals surface area contributed by atoms with Crippen LogP contribution in [-0.4, -0.2) is 27.9 Å². The molecule has 10 heteroatoms. The predicted molar refractivity (Wildman–Crippen MR) is 83.5 cm³/mol. The summed E-state index contributed by atoms with van der Waals surface area (Å²) in [6.07, 6.45) is -5.05. The number of carbonyl (C=O) groups excluding carboxylic acids is 1. The van der Waals surface area contributed by atoms with E-state index in [0.717, 1.165) is 12.1 Å². The van der Waals surface area contributed by atoms with E-state index in [1.54, 1.807) is 27.7 Å². The molecule has 0 spiro atoms. The number of alkyl halides is 3. The van der Waals surface area contributed by atoms with Crippen LogP contribution in [0, 0.1) is 5.82 Å². The van der Waals surface area contributed by atoms with Crippen LogP contribution >= 0.6 is 0 Å². The number of nitrogens with one attached hydrogen (secondary N) is 1. The summed E-state index contributed by atoms with van der Waals surface area (Å²) >= 11 is 0. The van der Waals surface area contributed by atoms with Crippen molar-refractivity contribution < 1.29 is 36.0 Å². The molecule has 0 heterocycles. The minimum atomic E-state index is -5.05. The summed E-state index contributed by atoms with van der Waals surface area (Å²) in [5.74, 6) is -3.17. The van der Waals surface area contributed by atoms with E-state index >= 15 is 0 Å². The van der Waals surface area contributed by atoms with Gasteiger partial charge in [-0.1, -0.05) is 6.07 Å². The van der Waals surface area contributed by atoms with Gasteiger partial charge < -0.3 is 9.47 Å². The Kier molecular flexibility index (Phi) is 6.95. The van der Waals surface area contributed by atoms with E-state index in [2.05, 4.69) is 9.46 Å². The Balaban J connectivity index is 3.16. The Morgan fingerprint density at radius 1 is 1.28 bits per heavy atom. The fourth-order valence-corrected chi connectivity index (χ4v) is 2.47. The van der Waals surface area contributed by atoms with Crippen molar-refractivity contribution >= 4 is 17.0 Å². The quantitative estimate of drug-likeness (QED) is 0.602. The maximum absolute atomic E-state index is 13.9. The molecule has 0 saturated heterocycles. The zero-order valence-corrected chi connectivity index (χ0v) is 14.9. The number of hydrogen-bond acceptors (Lipinski definition) is 4. The Hall–Kier alpha value is -1.68. The number of benzene rings is 1. The summed E-state index contributed by atoms with van der Waals surface area (Å²) in [6.45, 7) is 6.53. The first-order valence-corrected chi connectivity index (χ1v) is 8.40. The minimum absolute atomic E-state index is 0.0247. The van der Waals surface area contributed by atoms with Crippen LogP contribution in [0.25, 0.3) is 0 Å². The van der Waals surface area contributed by atoms with E-state index in [1.807, 2.05) is 0 Å². The average molecular weight is 385 g/mol. The molecule has 0 aliphatic heterocycles. The van der Waals surface area contributed by atoms with Crippen molar-refractivity contribution in [1.29, 1.82) is 0 Å². The lowest BCUT2D eigenvalue weighted by Gasteiger charge is -2.23. The molecule has 0 aliphatic rings. The van der Waals surface area contributed by atoms with Gasteiger partial charge in [0.25, 0.3) is 0 Å². The molecule has 25 heavy (non-hydrogen) atoms. The van der Waals surface area contributed by atoms with E-state index in [1.165, 1.54) is 0 Å². The SMILES string of the molecule is CCOC(=O)[C@@H](N[S@@](=O)C(C)(C)C)c1ccc(OC(F)(F)F)c(F)c1. The maximum Gasteiger partial charge on any atom is 0.573 e. The van der Waals surface area contributed by atoms with Crippen molar-refractivity contribution in [2.75, 3.05) is 6.61 Å². The summed E-state index contributed by atoms with van der Waals surface area (Å²) in [6, 6.07) is 1.20. The lowest BCUT2D eigenvalue weighted by molar-refractivity contribution is -0.275. The molecule has 142 valence electrons. The third-order valence-corrected chi connectivity index (χ3v) is 4.38. The van der Waals surface area contributed by atoms with Crippen molar-refractivity contribution in [3.63, 3.8) is 0 Å². The molecule has 0 fully saturated rings. The van der Waals surface area contributed by atoms with Gasteiger partial charge in [0.2, 0.25) is 0 Å². The van der Waals surface area contributed by atoms with Gasteiger partial charge >= 0.3 is 12.3 Å². The molecule has 2 atom stereocenters. The Morgan fingerprint density at radius 3 is 2.32 bits per heavy atom. The third-order valence-electron chi connectivity index (χ3n) is 2.82. The van der Waals surface area contributed by atoms with E-state index in [0.29, 0.717) is 6.07 Å². The topological polar surface area (TPSA) is 64.6 Å². The van der Waals surface area contributed by atoms with Gasteiger partial charge in [0, 0.05) is 0 Å². The van der Waals surface area contributed by atoms with Crippen LogP contribution in [0.5, 0.6) is 5.75 Å². The highest BCUT2D eigenvalue weighted by atomic mass is 32.2. The van der Waals surface area contributed by atoms with E-state index in [9.17, 15) is 26.6 Å². The van der Waals surface area contributed by atoms with Gasteiger partial charge in [-0.3, -0.25) is 0 Å². The second-order valence-corrected chi connectivity index (χ2v) is 7.92. The smallest absolute Gasteiger partial charge is 0.465 e. The average Bonchev–Trinajstić information content (AvgIpc) is 2.44. The van der Waals surface area contributed by atoms with Gasteiger partial charge in [-0.2, -0.15) is 0 Å². The van der Waals surface area contributed by atoms with Gasteiger partial charge in [-0.05, 0) is 45.4 Å². The van der Waals surface area contributed by atoms with Crippen LogP contribution < -0.4 is 9.46 Å². The van der Waals surface area contributed by atoms with Crippen LogP contribution in [0.2, 0.25) is 0 Å². The van der Waals surface area contributed by atoms with Crippen molar-refractivity contribution in [2.45, 2.75) is 44.8 Å². The monoisotopic (exact) mass is 385 g/mol. The second-order valence-electron chi connectivity index (χ2n) is 5.92. The van der Waals surface area contributed by atoms with Gasteiger partial charge in [0.1, 0.15) is 6.04 Å². The summed E-state index contributed by atoms with van der Waals surface area (Å²) < 4.78 is 72.9. The fourth-order valence-electron chi connectivity index (χ4n) is 1.67. The molecule has 1 N–H and O–H groups in total. The molecule has 1 aromatic carbocycles. The van der Waals surface area contributed by atoms with Crippen LogP contribution in [0.1, 0.15) is 39.3 Å². The van der Waals surface area contributed by atoms with Crippen LogP contribution in [0.3, 0.4) is 0 Å². The molecule has 0 aliphatic carbocycles. The van der Waals surface area contributed by atoms with Crippen LogP contribution in [0.4, 0.5) is 17.6 Å². The minimum Gasteiger partial charge on any atom is -0.465 e. The molecule has 0 amide bonds. The number of ether oxygens (including phenoxy) is 2. The van der Waals surface area contributed by atoms with E-state index < -0.39 is 45.7 Å². The number of hydrogen-bond donors (Lipinski definition) is 1. The van der Waals surface area contributed by atoms with Gasteiger partial charge in [0.15, 0.2) is 11.6 Å². The predicted octanol–water partition coefficient (Wildman–Crippen LogP) is 3.38. The molecule has 0 aromatic heterocycles. The van der Waals surface area contributed by atoms with Gasteiger partial charge in [0.05, 0.1) is 22.3 Å². The number of halogens is 4. The normalized spacial score (nSPS) is 14.7. The highest BCUT2D eigenvalue weighted by Crippen LogP contribution is 2.28. The van der Waals surface area contributed by atoms with E-state index in [4.69, 9.17) is 4.74 Å². The van der Waals surface area contributed by atoms with Gasteiger partial charge in [-0.25, -0.2) is 18.1 Å². The number of esters is 1. The summed E-state index contributed by atoms with van der Waals surface area (Å²) in [5, 5.41) is 0. The third kappa shape index (κ3) is 6.62. The molecule has 0 bridgehead atoms. The zero-order valence-electron chi connectivity index (χ0n) is 14.1. The molecule has 0 radical (unpaired) electrons. The molecular weight excluding hydrogens is 366 g/mol. The molecule has 1 rings (SSSR count). The van der Waals surface area contributed by atoms with Crippen LogP contribution in [0.15, 0.2) is 18.2 Å². The van der Waals surface area contributed by atoms with Crippen LogP contribution in [-0.2, 0) is 20.5 Å². The Morgan fingerprint density at radius 2 is 1.88 bits per heavy atom. The summed E-state index contributed by atoms with van der Waals surface area (Å²) in [4.78, 5) is 12.1. The maximum atomic E-state index is 13.9. The van der Waals surface area contributed by atoms with Gasteiger partial charge in [-0.15, -0.1) is 13.2 Å². The zero-order chi connectivity index (χ0) is 19.4. The largest absolute Gasteiger partial charge is 0.573 e. The first-order valence-electron chi connectivity index (χ1n) is 7.25. The Bertz CT molecular complexity index is 643. The first kappa shape index (κ1) is 21.4. The Labute approximate surface area is 145 Å². The molecule has 1 aromatic rings. The molecular formula is C15H19F4NO4S. The highest BCUT2D eigenvalue weighted by molar-refractivity contribution is 7.84. The van der Waals surface area contributed by atoms with E-state index in [-0.39, 0.29) is 12.2 Å². The first-order chi connectivity index (χ1) is 11.3. The highest BCUT2D eigenvalue weighted by Gasteiger charge is 2.33. The number of rotatable bonds is 6.